The molecule has 0 saturated carbocycles. The number of carboxylic acids is 1. The van der Waals surface area contributed by atoms with Gasteiger partial charge in [0, 0.05) is 25.7 Å². The number of carbonyl (C=O) groups excluding carboxylic acids is 1. The molecular formula is C21H32N4O7S. The third kappa shape index (κ3) is 5.61. The number of sulfonamides is 1. The van der Waals surface area contributed by atoms with Crippen LogP contribution in [-0.4, -0.2) is 66.3 Å². The van der Waals surface area contributed by atoms with Crippen molar-refractivity contribution in [3.63, 3.8) is 0 Å². The van der Waals surface area contributed by atoms with Crippen LogP contribution in [0.4, 0.5) is 11.4 Å². The van der Waals surface area contributed by atoms with Gasteiger partial charge in [-0.25, -0.2) is 13.2 Å². The van der Waals surface area contributed by atoms with Crippen molar-refractivity contribution < 1.29 is 28.0 Å². The van der Waals surface area contributed by atoms with Crippen molar-refractivity contribution in [1.82, 2.24) is 9.62 Å². The number of amides is 1. The number of carboxylic acid groups (broad SMARTS) is 1. The van der Waals surface area contributed by atoms with Crippen LogP contribution in [0.2, 0.25) is 0 Å². The van der Waals surface area contributed by atoms with E-state index in [1.807, 2.05) is 13.8 Å². The molecule has 0 aliphatic carbocycles. The number of carbonyl (C=O) groups is 2. The van der Waals surface area contributed by atoms with Crippen LogP contribution in [0.15, 0.2) is 23.1 Å². The minimum Gasteiger partial charge on any atom is -0.480 e. The summed E-state index contributed by atoms with van der Waals surface area (Å²) in [5.74, 6) is -2.21. The van der Waals surface area contributed by atoms with Gasteiger partial charge in [0.15, 0.2) is 0 Å². The Labute approximate surface area is 194 Å². The highest BCUT2D eigenvalue weighted by Crippen LogP contribution is 2.34. The van der Waals surface area contributed by atoms with E-state index < -0.39 is 38.9 Å². The number of hydrogen-bond acceptors (Lipinski definition) is 7. The molecule has 0 spiro atoms. The first-order valence-electron chi connectivity index (χ1n) is 11.1. The summed E-state index contributed by atoms with van der Waals surface area (Å²) in [4.78, 5) is 37.0. The SMILES string of the molecule is CCC(C)C(NC(=O)C1CCCN1S(=O)(=O)c1ccc(N(CC)CC)c([N+](=O)[O-])c1)C(=O)O. The highest BCUT2D eigenvalue weighted by Gasteiger charge is 2.41. The lowest BCUT2D eigenvalue weighted by atomic mass is 9.99. The van der Waals surface area contributed by atoms with Gasteiger partial charge in [-0.1, -0.05) is 20.3 Å². The van der Waals surface area contributed by atoms with E-state index in [9.17, 15) is 33.2 Å². The third-order valence-electron chi connectivity index (χ3n) is 6.14. The molecule has 33 heavy (non-hydrogen) atoms. The Bertz CT molecular complexity index is 994. The largest absolute Gasteiger partial charge is 0.480 e. The van der Waals surface area contributed by atoms with Crippen LogP contribution >= 0.6 is 0 Å². The van der Waals surface area contributed by atoms with Gasteiger partial charge in [-0.05, 0) is 44.7 Å². The molecule has 1 aliphatic rings. The predicted molar refractivity (Wildman–Crippen MR) is 123 cm³/mol. The molecule has 1 aliphatic heterocycles. The minimum atomic E-state index is -4.22. The van der Waals surface area contributed by atoms with E-state index in [2.05, 4.69) is 5.32 Å². The quantitative estimate of drug-likeness (QED) is 0.358. The maximum Gasteiger partial charge on any atom is 0.326 e. The number of benzene rings is 1. The maximum absolute atomic E-state index is 13.3. The molecule has 1 aromatic carbocycles. The van der Waals surface area contributed by atoms with E-state index in [-0.39, 0.29) is 29.5 Å². The van der Waals surface area contributed by atoms with Crippen LogP contribution in [0.1, 0.15) is 47.0 Å². The Morgan fingerprint density at radius 3 is 2.45 bits per heavy atom. The topological polar surface area (TPSA) is 150 Å². The van der Waals surface area contributed by atoms with Crippen molar-refractivity contribution in [1.29, 1.82) is 0 Å². The van der Waals surface area contributed by atoms with E-state index in [0.29, 0.717) is 31.6 Å². The lowest BCUT2D eigenvalue weighted by Crippen LogP contribution is -2.52. The van der Waals surface area contributed by atoms with Crippen LogP contribution in [0, 0.1) is 16.0 Å². The molecule has 2 N–H and O–H groups in total. The Morgan fingerprint density at radius 1 is 1.30 bits per heavy atom. The van der Waals surface area contributed by atoms with E-state index in [1.165, 1.54) is 12.1 Å². The molecule has 1 fully saturated rings. The average molecular weight is 485 g/mol. The van der Waals surface area contributed by atoms with Crippen molar-refractivity contribution in [2.75, 3.05) is 24.5 Å². The summed E-state index contributed by atoms with van der Waals surface area (Å²) in [5, 5.41) is 23.6. The van der Waals surface area contributed by atoms with E-state index in [0.717, 1.165) is 10.4 Å². The van der Waals surface area contributed by atoms with Crippen molar-refractivity contribution >= 4 is 33.3 Å². The second kappa shape index (κ2) is 10.9. The van der Waals surface area contributed by atoms with Crippen molar-refractivity contribution in [2.45, 2.75) is 63.9 Å². The summed E-state index contributed by atoms with van der Waals surface area (Å²) in [7, 11) is -4.22. The first kappa shape index (κ1) is 26.5. The number of nitrogens with zero attached hydrogens (tertiary/aromatic N) is 3. The number of nitro benzene ring substituents is 1. The predicted octanol–water partition coefficient (Wildman–Crippen LogP) is 2.21. The zero-order chi connectivity index (χ0) is 24.9. The summed E-state index contributed by atoms with van der Waals surface area (Å²) in [6, 6.07) is 1.52. The fourth-order valence-corrected chi connectivity index (χ4v) is 5.68. The van der Waals surface area contributed by atoms with Crippen molar-refractivity contribution in [3.05, 3.63) is 28.3 Å². The number of hydrogen-bond donors (Lipinski definition) is 2. The Hall–Kier alpha value is -2.73. The zero-order valence-electron chi connectivity index (χ0n) is 19.4. The van der Waals surface area contributed by atoms with Crippen LogP contribution in [-0.2, 0) is 19.6 Å². The van der Waals surface area contributed by atoms with Crippen molar-refractivity contribution in [3.8, 4) is 0 Å². The van der Waals surface area contributed by atoms with Gasteiger partial charge < -0.3 is 15.3 Å². The highest BCUT2D eigenvalue weighted by molar-refractivity contribution is 7.89. The molecule has 0 bridgehead atoms. The van der Waals surface area contributed by atoms with Gasteiger partial charge in [0.1, 0.15) is 17.8 Å². The normalized spacial score (nSPS) is 18.5. The van der Waals surface area contributed by atoms with Crippen LogP contribution < -0.4 is 10.2 Å². The Morgan fingerprint density at radius 2 is 1.94 bits per heavy atom. The smallest absolute Gasteiger partial charge is 0.326 e. The minimum absolute atomic E-state index is 0.0626. The first-order valence-corrected chi connectivity index (χ1v) is 12.5. The fourth-order valence-electron chi connectivity index (χ4n) is 4.00. The van der Waals surface area contributed by atoms with Crippen LogP contribution in [0.5, 0.6) is 0 Å². The van der Waals surface area contributed by atoms with Crippen LogP contribution in [0.25, 0.3) is 0 Å². The van der Waals surface area contributed by atoms with Gasteiger partial charge in [0.2, 0.25) is 15.9 Å². The maximum atomic E-state index is 13.3. The van der Waals surface area contributed by atoms with Gasteiger partial charge in [0.05, 0.1) is 9.82 Å². The number of nitrogens with one attached hydrogen (secondary N) is 1. The molecular weight excluding hydrogens is 452 g/mol. The molecule has 1 aromatic rings. The van der Waals surface area contributed by atoms with Gasteiger partial charge in [-0.15, -0.1) is 0 Å². The number of rotatable bonds is 11. The zero-order valence-corrected chi connectivity index (χ0v) is 20.2. The first-order chi connectivity index (χ1) is 15.5. The molecule has 1 saturated heterocycles. The summed E-state index contributed by atoms with van der Waals surface area (Å²) in [6.45, 7) is 8.27. The number of nitro groups is 1. The third-order valence-corrected chi connectivity index (χ3v) is 8.04. The molecule has 1 heterocycles. The Balaban J connectivity index is 2.38. The summed E-state index contributed by atoms with van der Waals surface area (Å²) >= 11 is 0. The second-order valence-electron chi connectivity index (χ2n) is 8.06. The fraction of sp³-hybridized carbons (Fsp3) is 0.619. The Kier molecular flexibility index (Phi) is 8.78. The summed E-state index contributed by atoms with van der Waals surface area (Å²) < 4.78 is 27.7. The number of anilines is 1. The molecule has 3 unspecified atom stereocenters. The number of aliphatic carboxylic acids is 1. The van der Waals surface area contributed by atoms with Crippen molar-refractivity contribution in [2.24, 2.45) is 5.92 Å². The van der Waals surface area contributed by atoms with Gasteiger partial charge >= 0.3 is 5.97 Å². The molecule has 1 amide bonds. The highest BCUT2D eigenvalue weighted by atomic mass is 32.2. The van der Waals surface area contributed by atoms with Crippen LogP contribution in [0.3, 0.4) is 0 Å². The molecule has 184 valence electrons. The van der Waals surface area contributed by atoms with E-state index >= 15 is 0 Å². The van der Waals surface area contributed by atoms with Gasteiger partial charge in [-0.2, -0.15) is 4.31 Å². The molecule has 0 aromatic heterocycles. The molecule has 0 radical (unpaired) electrons. The van der Waals surface area contributed by atoms with Gasteiger partial charge in [-0.3, -0.25) is 14.9 Å². The van der Waals surface area contributed by atoms with E-state index in [1.54, 1.807) is 18.7 Å². The lowest BCUT2D eigenvalue weighted by molar-refractivity contribution is -0.384. The molecule has 3 atom stereocenters. The lowest BCUT2D eigenvalue weighted by Gasteiger charge is -2.27. The molecule has 12 heteroatoms. The standard InChI is InChI=1S/C21H32N4O7S/c1-5-14(4)19(21(27)28)22-20(26)17-9-8-12-24(17)33(31,32)15-10-11-16(23(6-2)7-3)18(13-15)25(29)30/h10-11,13-14,17,19H,5-9,12H2,1-4H3,(H,22,26)(H,27,28). The molecule has 2 rings (SSSR count). The summed E-state index contributed by atoms with van der Waals surface area (Å²) in [6.07, 6.45) is 1.17. The molecule has 11 nitrogen and oxygen atoms in total. The monoisotopic (exact) mass is 484 g/mol. The van der Waals surface area contributed by atoms with E-state index in [4.69, 9.17) is 0 Å². The second-order valence-corrected chi connectivity index (χ2v) is 9.95. The van der Waals surface area contributed by atoms with Gasteiger partial charge in [0.25, 0.3) is 5.69 Å². The average Bonchev–Trinajstić information content (AvgIpc) is 3.28. The summed E-state index contributed by atoms with van der Waals surface area (Å²) in [5.41, 5.74) is -0.0137.